The van der Waals surface area contributed by atoms with E-state index < -0.39 is 0 Å². The van der Waals surface area contributed by atoms with Gasteiger partial charge in [-0.2, -0.15) is 0 Å². The van der Waals surface area contributed by atoms with E-state index in [1.54, 1.807) is 21.6 Å². The first-order chi connectivity index (χ1) is 9.41. The van der Waals surface area contributed by atoms with Crippen molar-refractivity contribution in [3.63, 3.8) is 0 Å². The monoisotopic (exact) mass is 322 g/mol. The van der Waals surface area contributed by atoms with Gasteiger partial charge in [0.05, 0.1) is 0 Å². The molecule has 0 fully saturated rings. The quantitative estimate of drug-likeness (QED) is 0.285. The zero-order chi connectivity index (χ0) is 15.4. The van der Waals surface area contributed by atoms with Crippen LogP contribution in [0.4, 0.5) is 0 Å². The summed E-state index contributed by atoms with van der Waals surface area (Å²) in [5.74, 6) is 1.29. The van der Waals surface area contributed by atoms with Crippen LogP contribution in [0, 0.1) is 0 Å². The van der Waals surface area contributed by atoms with E-state index in [4.69, 9.17) is 22.9 Å². The Morgan fingerprint density at radius 3 is 1.40 bits per heavy atom. The number of rotatable bonds is 13. The van der Waals surface area contributed by atoms with Gasteiger partial charge in [-0.15, -0.1) is 0 Å². The number of amides is 2. The summed E-state index contributed by atoms with van der Waals surface area (Å²) >= 11 is 0. The Morgan fingerprint density at radius 1 is 0.750 bits per heavy atom. The van der Waals surface area contributed by atoms with Crippen molar-refractivity contribution in [1.82, 2.24) is 0 Å². The number of primary amides is 2. The van der Waals surface area contributed by atoms with Gasteiger partial charge in [0.25, 0.3) is 0 Å². The van der Waals surface area contributed by atoms with Gasteiger partial charge in [0.15, 0.2) is 0 Å². The van der Waals surface area contributed by atoms with Crippen molar-refractivity contribution >= 4 is 33.4 Å². The third-order valence-corrected chi connectivity index (χ3v) is 5.22. The zero-order valence-electron chi connectivity index (χ0n) is 11.8. The Morgan fingerprint density at radius 2 is 1.10 bits per heavy atom. The largest absolute Gasteiger partial charge is 0.370 e. The highest BCUT2D eigenvalue weighted by molar-refractivity contribution is 8.76. The van der Waals surface area contributed by atoms with Crippen LogP contribution >= 0.6 is 21.6 Å². The molecule has 0 aliphatic rings. The third kappa shape index (κ3) is 14.0. The molecule has 2 amide bonds. The van der Waals surface area contributed by atoms with Crippen LogP contribution in [0.15, 0.2) is 0 Å². The second-order valence-corrected chi connectivity index (χ2v) is 7.45. The highest BCUT2D eigenvalue weighted by Gasteiger charge is 2.06. The van der Waals surface area contributed by atoms with Gasteiger partial charge in [0, 0.05) is 36.4 Å². The maximum Gasteiger partial charge on any atom is 0.217 e. The topological polar surface area (TPSA) is 138 Å². The molecule has 20 heavy (non-hydrogen) atoms. The predicted molar refractivity (Wildman–Crippen MR) is 87.0 cm³/mol. The molecule has 0 aromatic rings. The molecule has 0 aliphatic heterocycles. The van der Waals surface area contributed by atoms with E-state index in [1.165, 1.54) is 0 Å². The average molecular weight is 323 g/mol. The molecule has 0 unspecified atom stereocenters. The van der Waals surface area contributed by atoms with Gasteiger partial charge in [0.2, 0.25) is 11.8 Å². The smallest absolute Gasteiger partial charge is 0.217 e. The second kappa shape index (κ2) is 12.3. The van der Waals surface area contributed by atoms with Crippen molar-refractivity contribution in [2.24, 2.45) is 22.9 Å². The summed E-state index contributed by atoms with van der Waals surface area (Å²) in [6, 6.07) is 0.0712. The first-order valence-electron chi connectivity index (χ1n) is 6.74. The molecule has 0 saturated heterocycles. The minimum atomic E-state index is -0.299. The lowest BCUT2D eigenvalue weighted by Crippen LogP contribution is -2.24. The maximum atomic E-state index is 10.6. The molecule has 0 rings (SSSR count). The summed E-state index contributed by atoms with van der Waals surface area (Å²) in [5, 5.41) is 0. The van der Waals surface area contributed by atoms with Crippen LogP contribution in [-0.2, 0) is 9.59 Å². The van der Waals surface area contributed by atoms with Gasteiger partial charge in [-0.3, -0.25) is 9.59 Å². The van der Waals surface area contributed by atoms with E-state index in [0.29, 0.717) is 25.7 Å². The molecule has 6 nitrogen and oxygen atoms in total. The molecule has 0 spiro atoms. The number of carbonyl (C=O) groups excluding carboxylic acids is 2. The standard InChI is InChI=1S/C12H26N4O2S2/c13-9(1-3-11(15)17)5-7-19-20-8-6-10(14)2-4-12(16)18/h9-10H,1-8,13-14H2,(H2,15,17)(H2,16,18)/t9-,10-/m0/s1. The molecule has 0 radical (unpaired) electrons. The molecule has 0 saturated carbocycles. The van der Waals surface area contributed by atoms with E-state index in [-0.39, 0.29) is 23.9 Å². The van der Waals surface area contributed by atoms with Crippen LogP contribution in [0.3, 0.4) is 0 Å². The Bertz CT molecular complexity index is 265. The number of hydrogen-bond donors (Lipinski definition) is 4. The van der Waals surface area contributed by atoms with Crippen LogP contribution in [0.25, 0.3) is 0 Å². The molecule has 118 valence electrons. The summed E-state index contributed by atoms with van der Waals surface area (Å²) < 4.78 is 0. The van der Waals surface area contributed by atoms with Gasteiger partial charge in [-0.1, -0.05) is 21.6 Å². The van der Waals surface area contributed by atoms with Crippen molar-refractivity contribution < 1.29 is 9.59 Å². The fourth-order valence-corrected chi connectivity index (χ4v) is 3.78. The SMILES string of the molecule is NC(=O)CC[C@H](N)CCSSCC[C@@H](N)CCC(N)=O. The Balaban J connectivity index is 3.35. The highest BCUT2D eigenvalue weighted by Crippen LogP contribution is 2.24. The normalized spacial score (nSPS) is 13.9. The van der Waals surface area contributed by atoms with Crippen LogP contribution in [0.2, 0.25) is 0 Å². The molecule has 0 heterocycles. The van der Waals surface area contributed by atoms with Gasteiger partial charge in [-0.25, -0.2) is 0 Å². The minimum absolute atomic E-state index is 0.0356. The number of carbonyl (C=O) groups is 2. The highest BCUT2D eigenvalue weighted by atomic mass is 33.1. The predicted octanol–water partition coefficient (Wildman–Crippen LogP) is 0.334. The lowest BCUT2D eigenvalue weighted by Gasteiger charge is -2.11. The Labute approximate surface area is 128 Å². The number of hydrogen-bond acceptors (Lipinski definition) is 6. The summed E-state index contributed by atoms with van der Waals surface area (Å²) in [6.07, 6.45) is 3.76. The van der Waals surface area contributed by atoms with Gasteiger partial charge in [-0.05, 0) is 25.7 Å². The molecule has 0 aromatic heterocycles. The molecular weight excluding hydrogens is 296 g/mol. The summed E-state index contributed by atoms with van der Waals surface area (Å²) in [5.41, 5.74) is 21.8. The van der Waals surface area contributed by atoms with E-state index in [0.717, 1.165) is 24.3 Å². The lowest BCUT2D eigenvalue weighted by molar-refractivity contribution is -0.119. The molecule has 8 N–H and O–H groups in total. The summed E-state index contributed by atoms with van der Waals surface area (Å²) in [7, 11) is 3.51. The molecule has 2 atom stereocenters. The van der Waals surface area contributed by atoms with E-state index >= 15 is 0 Å². The molecular formula is C12H26N4O2S2. The van der Waals surface area contributed by atoms with Gasteiger partial charge >= 0.3 is 0 Å². The maximum absolute atomic E-state index is 10.6. The van der Waals surface area contributed by atoms with Crippen LogP contribution in [0.5, 0.6) is 0 Å². The Kier molecular flexibility index (Phi) is 12.0. The summed E-state index contributed by atoms with van der Waals surface area (Å²) in [4.78, 5) is 21.2. The van der Waals surface area contributed by atoms with Crippen LogP contribution < -0.4 is 22.9 Å². The first-order valence-corrected chi connectivity index (χ1v) is 9.22. The fourth-order valence-electron chi connectivity index (χ4n) is 1.46. The fraction of sp³-hybridized carbons (Fsp3) is 0.833. The first kappa shape index (κ1) is 19.6. The molecule has 0 aromatic carbocycles. The summed E-state index contributed by atoms with van der Waals surface area (Å²) in [6.45, 7) is 0. The van der Waals surface area contributed by atoms with Gasteiger partial charge in [0.1, 0.15) is 0 Å². The second-order valence-electron chi connectivity index (χ2n) is 4.75. The van der Waals surface area contributed by atoms with Crippen molar-refractivity contribution in [2.45, 2.75) is 50.6 Å². The lowest BCUT2D eigenvalue weighted by atomic mass is 10.1. The minimum Gasteiger partial charge on any atom is -0.370 e. The van der Waals surface area contributed by atoms with Crippen molar-refractivity contribution in [1.29, 1.82) is 0 Å². The third-order valence-electron chi connectivity index (χ3n) is 2.75. The molecule has 8 heteroatoms. The van der Waals surface area contributed by atoms with Crippen LogP contribution in [-0.4, -0.2) is 35.4 Å². The zero-order valence-corrected chi connectivity index (χ0v) is 13.4. The average Bonchev–Trinajstić information content (AvgIpc) is 2.37. The molecule has 0 bridgehead atoms. The van der Waals surface area contributed by atoms with Crippen molar-refractivity contribution in [3.8, 4) is 0 Å². The van der Waals surface area contributed by atoms with E-state index in [2.05, 4.69) is 0 Å². The molecule has 0 aliphatic carbocycles. The van der Waals surface area contributed by atoms with Crippen molar-refractivity contribution in [2.75, 3.05) is 11.5 Å². The van der Waals surface area contributed by atoms with Gasteiger partial charge < -0.3 is 22.9 Å². The van der Waals surface area contributed by atoms with E-state index in [1.807, 2.05) is 0 Å². The van der Waals surface area contributed by atoms with Crippen LogP contribution in [0.1, 0.15) is 38.5 Å². The van der Waals surface area contributed by atoms with E-state index in [9.17, 15) is 9.59 Å². The van der Waals surface area contributed by atoms with Crippen molar-refractivity contribution in [3.05, 3.63) is 0 Å². The number of nitrogens with two attached hydrogens (primary N) is 4. The Hall–Kier alpha value is -0.440.